The Labute approximate surface area is 191 Å². The number of anilines is 4. The first-order chi connectivity index (χ1) is 15.0. The number of methoxy groups -OCH3 is 1. The van der Waals surface area contributed by atoms with E-state index in [9.17, 15) is 19.6 Å². The third-order valence-electron chi connectivity index (χ3n) is 4.25. The number of nitrogens with zero attached hydrogens (tertiary/aromatic N) is 4. The monoisotopic (exact) mass is 482 g/mol. The second kappa shape index (κ2) is 9.07. The SMILES string of the molecule is COc1cc(F)c([N+](=O)[O-])cc1Nc1ncnc(Nc2cc(Cl)c(Cl)cc2C(C)(C)O)n1. The molecule has 0 aliphatic heterocycles. The van der Waals surface area contributed by atoms with Crippen LogP contribution in [0.2, 0.25) is 10.0 Å². The number of nitro groups is 1. The van der Waals surface area contributed by atoms with E-state index in [1.807, 2.05) is 0 Å². The van der Waals surface area contributed by atoms with Crippen LogP contribution in [-0.4, -0.2) is 32.1 Å². The molecule has 0 saturated heterocycles. The van der Waals surface area contributed by atoms with Gasteiger partial charge in [0.15, 0.2) is 0 Å². The summed E-state index contributed by atoms with van der Waals surface area (Å²) in [4.78, 5) is 22.4. The number of ether oxygens (including phenoxy) is 1. The van der Waals surface area contributed by atoms with Gasteiger partial charge < -0.3 is 20.5 Å². The normalized spacial score (nSPS) is 11.2. The molecular formula is C19H17Cl2FN6O4. The molecular weight excluding hydrogens is 466 g/mol. The van der Waals surface area contributed by atoms with Crippen molar-refractivity contribution in [3.63, 3.8) is 0 Å². The Morgan fingerprint density at radius 3 is 2.25 bits per heavy atom. The van der Waals surface area contributed by atoms with Crippen LogP contribution in [0.25, 0.3) is 0 Å². The van der Waals surface area contributed by atoms with Crippen LogP contribution >= 0.6 is 23.2 Å². The fourth-order valence-electron chi connectivity index (χ4n) is 2.76. The van der Waals surface area contributed by atoms with Gasteiger partial charge in [0.1, 0.15) is 12.1 Å². The van der Waals surface area contributed by atoms with E-state index in [1.54, 1.807) is 13.8 Å². The van der Waals surface area contributed by atoms with Crippen LogP contribution in [-0.2, 0) is 5.60 Å². The van der Waals surface area contributed by atoms with Crippen molar-refractivity contribution in [3.8, 4) is 5.75 Å². The third-order valence-corrected chi connectivity index (χ3v) is 4.97. The number of rotatable bonds is 7. The summed E-state index contributed by atoms with van der Waals surface area (Å²) in [6.07, 6.45) is 1.18. The van der Waals surface area contributed by atoms with Gasteiger partial charge in [0.05, 0.1) is 33.4 Å². The molecule has 0 radical (unpaired) electrons. The highest BCUT2D eigenvalue weighted by molar-refractivity contribution is 6.42. The summed E-state index contributed by atoms with van der Waals surface area (Å²) >= 11 is 12.2. The molecule has 0 spiro atoms. The van der Waals surface area contributed by atoms with Gasteiger partial charge in [-0.2, -0.15) is 9.37 Å². The van der Waals surface area contributed by atoms with Crippen LogP contribution in [0.5, 0.6) is 5.75 Å². The summed E-state index contributed by atoms with van der Waals surface area (Å²) in [6, 6.07) is 4.89. The van der Waals surface area contributed by atoms with Gasteiger partial charge in [-0.25, -0.2) is 9.97 Å². The maximum Gasteiger partial charge on any atom is 0.307 e. The van der Waals surface area contributed by atoms with E-state index < -0.39 is 22.0 Å². The predicted molar refractivity (Wildman–Crippen MR) is 118 cm³/mol. The maximum atomic E-state index is 13.9. The number of aromatic nitrogens is 3. The molecule has 0 atom stereocenters. The second-order valence-corrected chi connectivity index (χ2v) is 7.83. The zero-order chi connectivity index (χ0) is 23.6. The molecule has 0 bridgehead atoms. The molecule has 0 aliphatic carbocycles. The standard InChI is InChI=1S/C19H17Cl2FN6O4/c1-19(2,29)9-4-10(20)11(21)5-13(9)25-17-23-8-24-18(27-17)26-14-7-15(28(30)31)12(22)6-16(14)32-3/h4-8,29H,1-3H3,(H2,23,24,25,26,27). The van der Waals surface area contributed by atoms with E-state index in [1.165, 1.54) is 25.6 Å². The summed E-state index contributed by atoms with van der Waals surface area (Å²) in [6.45, 7) is 3.15. The van der Waals surface area contributed by atoms with Gasteiger partial charge in [-0.15, -0.1) is 0 Å². The summed E-state index contributed by atoms with van der Waals surface area (Å²) in [5.74, 6) is -0.973. The number of hydrogen-bond donors (Lipinski definition) is 3. The van der Waals surface area contributed by atoms with E-state index in [0.29, 0.717) is 11.3 Å². The van der Waals surface area contributed by atoms with Gasteiger partial charge in [-0.1, -0.05) is 23.2 Å². The highest BCUT2D eigenvalue weighted by atomic mass is 35.5. The lowest BCUT2D eigenvalue weighted by Gasteiger charge is -2.22. The second-order valence-electron chi connectivity index (χ2n) is 7.01. The molecule has 0 fully saturated rings. The van der Waals surface area contributed by atoms with Gasteiger partial charge in [-0.3, -0.25) is 10.1 Å². The van der Waals surface area contributed by atoms with Gasteiger partial charge in [0.25, 0.3) is 0 Å². The fraction of sp³-hybridized carbons (Fsp3) is 0.211. The number of halogens is 3. The van der Waals surface area contributed by atoms with Crippen molar-refractivity contribution in [2.24, 2.45) is 0 Å². The summed E-state index contributed by atoms with van der Waals surface area (Å²) in [5, 5.41) is 27.7. The average molecular weight is 483 g/mol. The van der Waals surface area contributed by atoms with Crippen LogP contribution in [0.15, 0.2) is 30.6 Å². The fourth-order valence-corrected chi connectivity index (χ4v) is 3.09. The number of hydrogen-bond acceptors (Lipinski definition) is 9. The maximum absolute atomic E-state index is 13.9. The number of nitro benzene ring substituents is 1. The topological polar surface area (TPSA) is 135 Å². The van der Waals surface area contributed by atoms with E-state index >= 15 is 0 Å². The Balaban J connectivity index is 1.95. The first-order valence-electron chi connectivity index (χ1n) is 8.96. The van der Waals surface area contributed by atoms with Crippen LogP contribution in [0.4, 0.5) is 33.3 Å². The molecule has 13 heteroatoms. The zero-order valence-electron chi connectivity index (χ0n) is 17.0. The number of aliphatic hydroxyl groups is 1. The molecule has 3 aromatic rings. The lowest BCUT2D eigenvalue weighted by Crippen LogP contribution is -2.18. The third kappa shape index (κ3) is 5.13. The zero-order valence-corrected chi connectivity index (χ0v) is 18.5. The molecule has 0 aliphatic rings. The van der Waals surface area contributed by atoms with Crippen molar-refractivity contribution >= 4 is 52.2 Å². The van der Waals surface area contributed by atoms with Gasteiger partial charge in [-0.05, 0) is 26.0 Å². The van der Waals surface area contributed by atoms with Crippen molar-refractivity contribution in [2.75, 3.05) is 17.7 Å². The van der Waals surface area contributed by atoms with E-state index in [0.717, 1.165) is 12.1 Å². The summed E-state index contributed by atoms with van der Waals surface area (Å²) in [7, 11) is 1.29. The predicted octanol–water partition coefficient (Wildman–Crippen LogP) is 4.95. The molecule has 168 valence electrons. The van der Waals surface area contributed by atoms with Crippen molar-refractivity contribution in [2.45, 2.75) is 19.4 Å². The van der Waals surface area contributed by atoms with Crippen LogP contribution in [0.1, 0.15) is 19.4 Å². The van der Waals surface area contributed by atoms with E-state index in [4.69, 9.17) is 27.9 Å². The lowest BCUT2D eigenvalue weighted by atomic mass is 9.96. The Hall–Kier alpha value is -3.28. The van der Waals surface area contributed by atoms with Crippen molar-refractivity contribution < 1.29 is 19.2 Å². The Morgan fingerprint density at radius 2 is 1.69 bits per heavy atom. The average Bonchev–Trinajstić information content (AvgIpc) is 2.70. The molecule has 0 amide bonds. The quantitative estimate of drug-likeness (QED) is 0.315. The number of nitrogens with one attached hydrogen (secondary N) is 2. The molecule has 0 saturated carbocycles. The van der Waals surface area contributed by atoms with Crippen molar-refractivity contribution in [3.05, 3.63) is 62.1 Å². The van der Waals surface area contributed by atoms with Crippen LogP contribution < -0.4 is 15.4 Å². The number of benzene rings is 2. The Morgan fingerprint density at radius 1 is 1.09 bits per heavy atom. The first-order valence-corrected chi connectivity index (χ1v) is 9.72. The van der Waals surface area contributed by atoms with Crippen LogP contribution in [0, 0.1) is 15.9 Å². The smallest absolute Gasteiger partial charge is 0.307 e. The molecule has 32 heavy (non-hydrogen) atoms. The highest BCUT2D eigenvalue weighted by Crippen LogP contribution is 2.36. The largest absolute Gasteiger partial charge is 0.494 e. The molecule has 3 rings (SSSR count). The summed E-state index contributed by atoms with van der Waals surface area (Å²) < 4.78 is 18.9. The first kappa shape index (κ1) is 23.4. The Kier molecular flexibility index (Phi) is 6.63. The lowest BCUT2D eigenvalue weighted by molar-refractivity contribution is -0.387. The van der Waals surface area contributed by atoms with E-state index in [-0.39, 0.29) is 33.4 Å². The molecule has 1 aromatic heterocycles. The van der Waals surface area contributed by atoms with Gasteiger partial charge in [0, 0.05) is 23.4 Å². The Bertz CT molecular complexity index is 1190. The highest BCUT2D eigenvalue weighted by Gasteiger charge is 2.23. The van der Waals surface area contributed by atoms with Crippen molar-refractivity contribution in [1.29, 1.82) is 0 Å². The van der Waals surface area contributed by atoms with Gasteiger partial charge in [0.2, 0.25) is 17.7 Å². The minimum atomic E-state index is -1.26. The molecule has 1 heterocycles. The molecule has 3 N–H and O–H groups in total. The molecule has 0 unspecified atom stereocenters. The van der Waals surface area contributed by atoms with Crippen LogP contribution in [0.3, 0.4) is 0 Å². The minimum absolute atomic E-state index is 0.00780. The molecule has 2 aromatic carbocycles. The summed E-state index contributed by atoms with van der Waals surface area (Å²) in [5.41, 5.74) is -1.09. The minimum Gasteiger partial charge on any atom is -0.494 e. The van der Waals surface area contributed by atoms with E-state index in [2.05, 4.69) is 25.6 Å². The molecule has 10 nitrogen and oxygen atoms in total. The van der Waals surface area contributed by atoms with Gasteiger partial charge >= 0.3 is 5.69 Å². The van der Waals surface area contributed by atoms with Crippen molar-refractivity contribution in [1.82, 2.24) is 15.0 Å².